The molecule has 0 spiro atoms. The number of ether oxygens (including phenoxy) is 1. The van der Waals surface area contributed by atoms with E-state index in [4.69, 9.17) is 4.74 Å². The first kappa shape index (κ1) is 21.4. The van der Waals surface area contributed by atoms with Crippen molar-refractivity contribution < 1.29 is 14.3 Å². The fraction of sp³-hybridized carbons (Fsp3) is 0.440. The van der Waals surface area contributed by atoms with Crippen LogP contribution < -0.4 is 4.74 Å². The van der Waals surface area contributed by atoms with Crippen molar-refractivity contribution in [2.24, 2.45) is 0 Å². The fourth-order valence-corrected chi connectivity index (χ4v) is 4.25. The maximum atomic E-state index is 12.8. The standard InChI is InChI=1S/C25H31N3O3/c1-20(31-23-11-9-22(10-12-23)21-7-3-2-4-8-21)25(30)28-17-15-26(16-18-28)19-24(29)27-13-5-6-14-27/h2-4,7-12,20H,5-6,13-19H2,1H3/t20-/m0/s1. The number of benzene rings is 2. The molecule has 2 aliphatic heterocycles. The molecule has 2 saturated heterocycles. The van der Waals surface area contributed by atoms with Gasteiger partial charge in [-0.1, -0.05) is 42.5 Å². The Balaban J connectivity index is 1.24. The molecule has 2 aromatic carbocycles. The zero-order valence-electron chi connectivity index (χ0n) is 18.2. The van der Waals surface area contributed by atoms with E-state index in [0.29, 0.717) is 25.4 Å². The molecule has 0 bridgehead atoms. The number of carbonyl (C=O) groups is 2. The van der Waals surface area contributed by atoms with E-state index in [-0.39, 0.29) is 11.8 Å². The van der Waals surface area contributed by atoms with Crippen molar-refractivity contribution in [2.75, 3.05) is 45.8 Å². The van der Waals surface area contributed by atoms with Crippen LogP contribution in [0.2, 0.25) is 0 Å². The van der Waals surface area contributed by atoms with Crippen molar-refractivity contribution in [1.29, 1.82) is 0 Å². The topological polar surface area (TPSA) is 53.1 Å². The van der Waals surface area contributed by atoms with E-state index in [1.54, 1.807) is 6.92 Å². The maximum absolute atomic E-state index is 12.8. The predicted octanol–water partition coefficient (Wildman–Crippen LogP) is 2.89. The fourth-order valence-electron chi connectivity index (χ4n) is 4.25. The zero-order chi connectivity index (χ0) is 21.6. The summed E-state index contributed by atoms with van der Waals surface area (Å²) in [6, 6.07) is 18.0. The molecule has 4 rings (SSSR count). The van der Waals surface area contributed by atoms with Crippen LogP contribution in [-0.2, 0) is 9.59 Å². The molecule has 2 fully saturated rings. The third-order valence-electron chi connectivity index (χ3n) is 6.12. The summed E-state index contributed by atoms with van der Waals surface area (Å²) in [6.45, 7) is 6.75. The van der Waals surface area contributed by atoms with Gasteiger partial charge in [-0.05, 0) is 43.0 Å². The van der Waals surface area contributed by atoms with Crippen LogP contribution in [0.1, 0.15) is 19.8 Å². The Morgan fingerprint density at radius 2 is 1.42 bits per heavy atom. The molecular weight excluding hydrogens is 390 g/mol. The summed E-state index contributed by atoms with van der Waals surface area (Å²) in [6.07, 6.45) is 1.68. The first-order chi connectivity index (χ1) is 15.1. The minimum absolute atomic E-state index is 0.00217. The van der Waals surface area contributed by atoms with Crippen LogP contribution in [-0.4, -0.2) is 78.4 Å². The molecular formula is C25H31N3O3. The SMILES string of the molecule is C[C@H](Oc1ccc(-c2ccccc2)cc1)C(=O)N1CCN(CC(=O)N2CCCC2)CC1. The number of likely N-dealkylation sites (tertiary alicyclic amines) is 1. The number of hydrogen-bond acceptors (Lipinski definition) is 4. The number of amides is 2. The van der Waals surface area contributed by atoms with Crippen molar-refractivity contribution in [3.8, 4) is 16.9 Å². The second-order valence-electron chi connectivity index (χ2n) is 8.34. The molecule has 2 heterocycles. The lowest BCUT2D eigenvalue weighted by molar-refractivity contribution is -0.140. The van der Waals surface area contributed by atoms with E-state index in [1.165, 1.54) is 0 Å². The molecule has 0 unspecified atom stereocenters. The summed E-state index contributed by atoms with van der Waals surface area (Å²) in [4.78, 5) is 31.1. The average molecular weight is 422 g/mol. The highest BCUT2D eigenvalue weighted by Gasteiger charge is 2.28. The largest absolute Gasteiger partial charge is 0.481 e. The monoisotopic (exact) mass is 421 g/mol. The van der Waals surface area contributed by atoms with Gasteiger partial charge in [0.2, 0.25) is 5.91 Å². The Morgan fingerprint density at radius 3 is 2.06 bits per heavy atom. The molecule has 6 heteroatoms. The minimum atomic E-state index is -0.541. The zero-order valence-corrected chi connectivity index (χ0v) is 18.2. The second-order valence-corrected chi connectivity index (χ2v) is 8.34. The van der Waals surface area contributed by atoms with Gasteiger partial charge in [0.1, 0.15) is 5.75 Å². The Kier molecular flexibility index (Phi) is 6.87. The maximum Gasteiger partial charge on any atom is 0.263 e. The van der Waals surface area contributed by atoms with Gasteiger partial charge in [0.15, 0.2) is 6.10 Å². The van der Waals surface area contributed by atoms with Crippen LogP contribution in [0.5, 0.6) is 5.75 Å². The van der Waals surface area contributed by atoms with Crippen LogP contribution in [0.15, 0.2) is 54.6 Å². The minimum Gasteiger partial charge on any atom is -0.481 e. The summed E-state index contributed by atoms with van der Waals surface area (Å²) >= 11 is 0. The summed E-state index contributed by atoms with van der Waals surface area (Å²) in [7, 11) is 0. The van der Waals surface area contributed by atoms with Gasteiger partial charge in [-0.15, -0.1) is 0 Å². The number of nitrogens with zero attached hydrogens (tertiary/aromatic N) is 3. The van der Waals surface area contributed by atoms with E-state index in [0.717, 1.165) is 50.1 Å². The Labute approximate surface area is 184 Å². The Hall–Kier alpha value is -2.86. The van der Waals surface area contributed by atoms with Crippen LogP contribution in [0.3, 0.4) is 0 Å². The lowest BCUT2D eigenvalue weighted by Gasteiger charge is -2.36. The molecule has 0 N–H and O–H groups in total. The second kappa shape index (κ2) is 9.96. The van der Waals surface area contributed by atoms with Gasteiger partial charge in [-0.2, -0.15) is 0 Å². The quantitative estimate of drug-likeness (QED) is 0.720. The van der Waals surface area contributed by atoms with Crippen LogP contribution in [0, 0.1) is 0 Å². The van der Waals surface area contributed by atoms with Gasteiger partial charge >= 0.3 is 0 Å². The number of piperazine rings is 1. The lowest BCUT2D eigenvalue weighted by Crippen LogP contribution is -2.53. The third-order valence-corrected chi connectivity index (χ3v) is 6.12. The molecule has 6 nitrogen and oxygen atoms in total. The van der Waals surface area contributed by atoms with Gasteiger partial charge in [-0.3, -0.25) is 14.5 Å². The van der Waals surface area contributed by atoms with Gasteiger partial charge in [0, 0.05) is 39.3 Å². The van der Waals surface area contributed by atoms with Gasteiger partial charge < -0.3 is 14.5 Å². The summed E-state index contributed by atoms with van der Waals surface area (Å²) in [5.74, 6) is 0.904. The molecule has 0 aliphatic carbocycles. The summed E-state index contributed by atoms with van der Waals surface area (Å²) in [5, 5.41) is 0. The predicted molar refractivity (Wildman–Crippen MR) is 121 cm³/mol. The van der Waals surface area contributed by atoms with E-state index in [2.05, 4.69) is 17.0 Å². The summed E-state index contributed by atoms with van der Waals surface area (Å²) in [5.41, 5.74) is 2.27. The Bertz CT molecular complexity index is 871. The highest BCUT2D eigenvalue weighted by molar-refractivity contribution is 5.81. The van der Waals surface area contributed by atoms with Gasteiger partial charge in [0.25, 0.3) is 5.91 Å². The smallest absolute Gasteiger partial charge is 0.263 e. The van der Waals surface area contributed by atoms with Crippen molar-refractivity contribution >= 4 is 11.8 Å². The van der Waals surface area contributed by atoms with Crippen LogP contribution >= 0.6 is 0 Å². The third kappa shape index (κ3) is 5.44. The normalized spacial score (nSPS) is 18.1. The van der Waals surface area contributed by atoms with Crippen molar-refractivity contribution in [3.63, 3.8) is 0 Å². The average Bonchev–Trinajstić information content (AvgIpc) is 3.35. The Morgan fingerprint density at radius 1 is 0.806 bits per heavy atom. The summed E-state index contributed by atoms with van der Waals surface area (Å²) < 4.78 is 5.91. The molecule has 164 valence electrons. The van der Waals surface area contributed by atoms with E-state index < -0.39 is 6.10 Å². The van der Waals surface area contributed by atoms with Crippen LogP contribution in [0.25, 0.3) is 11.1 Å². The van der Waals surface area contributed by atoms with E-state index in [9.17, 15) is 9.59 Å². The highest BCUT2D eigenvalue weighted by Crippen LogP contribution is 2.23. The molecule has 0 radical (unpaired) electrons. The number of carbonyl (C=O) groups excluding carboxylic acids is 2. The highest BCUT2D eigenvalue weighted by atomic mass is 16.5. The van der Waals surface area contributed by atoms with Gasteiger partial charge in [-0.25, -0.2) is 0 Å². The first-order valence-electron chi connectivity index (χ1n) is 11.2. The number of rotatable bonds is 6. The van der Waals surface area contributed by atoms with E-state index >= 15 is 0 Å². The lowest BCUT2D eigenvalue weighted by atomic mass is 10.1. The molecule has 31 heavy (non-hydrogen) atoms. The van der Waals surface area contributed by atoms with E-state index in [1.807, 2.05) is 52.3 Å². The first-order valence-corrected chi connectivity index (χ1v) is 11.2. The molecule has 0 saturated carbocycles. The molecule has 2 aliphatic rings. The van der Waals surface area contributed by atoms with Crippen molar-refractivity contribution in [3.05, 3.63) is 54.6 Å². The van der Waals surface area contributed by atoms with Crippen molar-refractivity contribution in [2.45, 2.75) is 25.9 Å². The molecule has 0 aromatic heterocycles. The van der Waals surface area contributed by atoms with Crippen LogP contribution in [0.4, 0.5) is 0 Å². The molecule has 1 atom stereocenters. The van der Waals surface area contributed by atoms with Gasteiger partial charge in [0.05, 0.1) is 6.54 Å². The molecule has 2 aromatic rings. The van der Waals surface area contributed by atoms with Crippen molar-refractivity contribution in [1.82, 2.24) is 14.7 Å². The molecule has 2 amide bonds. The number of hydrogen-bond donors (Lipinski definition) is 0.